The van der Waals surface area contributed by atoms with E-state index in [-0.39, 0.29) is 10.8 Å². The number of fused-ring (bicyclic) bond motifs is 7. The Kier molecular flexibility index (Phi) is 9.04. The molecule has 0 saturated heterocycles. The van der Waals surface area contributed by atoms with Crippen molar-refractivity contribution in [3.63, 3.8) is 0 Å². The van der Waals surface area contributed by atoms with Gasteiger partial charge in [0.05, 0.1) is 22.4 Å². The van der Waals surface area contributed by atoms with E-state index >= 15 is 0 Å². The molecule has 0 atom stereocenters. The molecule has 0 amide bonds. The molecule has 0 aliphatic rings. The van der Waals surface area contributed by atoms with E-state index in [0.717, 1.165) is 50.1 Å². The third-order valence-corrected chi connectivity index (χ3v) is 14.5. The molecule has 0 N–H and O–H groups in total. The lowest BCUT2D eigenvalue weighted by Gasteiger charge is -2.29. The van der Waals surface area contributed by atoms with Crippen LogP contribution in [0.4, 0.5) is 17.1 Å². The highest BCUT2D eigenvalue weighted by molar-refractivity contribution is 6.35. The second kappa shape index (κ2) is 15.2. The molecule has 11 aromatic carbocycles. The van der Waals surface area contributed by atoms with Crippen molar-refractivity contribution in [3.05, 3.63) is 217 Å². The maximum absolute atomic E-state index is 6.76. The summed E-state index contributed by atoms with van der Waals surface area (Å²) in [6.45, 7) is 14.2. The van der Waals surface area contributed by atoms with Gasteiger partial charge in [0.25, 0.3) is 0 Å². The van der Waals surface area contributed by atoms with Gasteiger partial charge >= 0.3 is 0 Å². The van der Waals surface area contributed by atoms with Gasteiger partial charge in [0.15, 0.2) is 5.58 Å². The first-order valence-electron chi connectivity index (χ1n) is 24.3. The molecule has 0 fully saturated rings. The van der Waals surface area contributed by atoms with Crippen molar-refractivity contribution >= 4 is 93.1 Å². The highest BCUT2D eigenvalue weighted by Crippen LogP contribution is 2.52. The molecule has 13 rings (SSSR count). The standard InChI is InChI=1S/C66H52N2O/c1-65(2,3)54-40-53(47-36-39-52-60-51(38-37-49(54)59(47)60)61-50-26-14-17-29-56(50)68(43-22-11-8-12-23-43)63(61)62(52)66(4,5)6)42-32-34-44(35-33-42)67(55-28-16-13-24-45(55)41-20-9-7-10-21-41)57-30-19-27-48-46-25-15-18-31-58(46)69-64(48)57/h7-40H,1-6H3. The Hall–Kier alpha value is -8.14. The minimum Gasteiger partial charge on any atom is -0.454 e. The minimum absolute atomic E-state index is 0.119. The molecule has 0 saturated carbocycles. The topological polar surface area (TPSA) is 21.3 Å². The summed E-state index contributed by atoms with van der Waals surface area (Å²) in [4.78, 5) is 2.38. The summed E-state index contributed by atoms with van der Waals surface area (Å²) < 4.78 is 9.27. The van der Waals surface area contributed by atoms with Crippen LogP contribution in [0.15, 0.2) is 211 Å². The van der Waals surface area contributed by atoms with Crippen molar-refractivity contribution < 1.29 is 4.42 Å². The van der Waals surface area contributed by atoms with Crippen LogP contribution in [-0.2, 0) is 10.8 Å². The monoisotopic (exact) mass is 888 g/mol. The molecular weight excluding hydrogens is 837 g/mol. The van der Waals surface area contributed by atoms with E-state index in [2.05, 4.69) is 251 Å². The van der Waals surface area contributed by atoms with E-state index in [9.17, 15) is 0 Å². The summed E-state index contributed by atoms with van der Waals surface area (Å²) in [6, 6.07) is 75.6. The predicted octanol–water partition coefficient (Wildman–Crippen LogP) is 19.0. The van der Waals surface area contributed by atoms with Crippen molar-refractivity contribution in [3.8, 4) is 27.9 Å². The van der Waals surface area contributed by atoms with Gasteiger partial charge in [-0.15, -0.1) is 0 Å². The fourth-order valence-corrected chi connectivity index (χ4v) is 11.6. The number of anilines is 3. The van der Waals surface area contributed by atoms with E-state index in [1.807, 2.05) is 6.07 Å². The Morgan fingerprint density at radius 1 is 0.406 bits per heavy atom. The van der Waals surface area contributed by atoms with Crippen LogP contribution >= 0.6 is 0 Å². The van der Waals surface area contributed by atoms with E-state index < -0.39 is 0 Å². The van der Waals surface area contributed by atoms with E-state index in [0.29, 0.717) is 0 Å². The van der Waals surface area contributed by atoms with E-state index in [1.54, 1.807) is 0 Å². The van der Waals surface area contributed by atoms with Crippen molar-refractivity contribution in [2.75, 3.05) is 4.90 Å². The van der Waals surface area contributed by atoms with Crippen molar-refractivity contribution in [2.24, 2.45) is 0 Å². The Balaban J connectivity index is 1.07. The molecule has 0 aliphatic carbocycles. The lowest BCUT2D eigenvalue weighted by atomic mass is 9.76. The lowest BCUT2D eigenvalue weighted by Crippen LogP contribution is -2.15. The Morgan fingerprint density at radius 2 is 1.00 bits per heavy atom. The number of benzene rings is 11. The molecule has 332 valence electrons. The van der Waals surface area contributed by atoms with Crippen molar-refractivity contribution in [2.45, 2.75) is 52.4 Å². The van der Waals surface area contributed by atoms with Gasteiger partial charge in [-0.25, -0.2) is 0 Å². The zero-order chi connectivity index (χ0) is 46.8. The first-order chi connectivity index (χ1) is 33.5. The zero-order valence-electron chi connectivity index (χ0n) is 39.9. The first kappa shape index (κ1) is 41.1. The number of furan rings is 1. The number of aromatic nitrogens is 1. The van der Waals surface area contributed by atoms with Crippen LogP contribution in [0.5, 0.6) is 0 Å². The summed E-state index contributed by atoms with van der Waals surface area (Å²) in [7, 11) is 0. The van der Waals surface area contributed by atoms with Crippen LogP contribution in [0.3, 0.4) is 0 Å². The Labute approximate surface area is 402 Å². The molecule has 69 heavy (non-hydrogen) atoms. The lowest BCUT2D eigenvalue weighted by molar-refractivity contribution is 0.596. The smallest absolute Gasteiger partial charge is 0.159 e. The van der Waals surface area contributed by atoms with Crippen LogP contribution in [0.25, 0.3) is 104 Å². The Morgan fingerprint density at radius 3 is 1.77 bits per heavy atom. The van der Waals surface area contributed by atoms with Crippen molar-refractivity contribution in [1.29, 1.82) is 0 Å². The highest BCUT2D eigenvalue weighted by atomic mass is 16.3. The summed E-state index contributed by atoms with van der Waals surface area (Å²) in [6.07, 6.45) is 0. The first-order valence-corrected chi connectivity index (χ1v) is 24.3. The van der Waals surface area contributed by atoms with Crippen LogP contribution in [0.1, 0.15) is 52.7 Å². The maximum atomic E-state index is 6.76. The van der Waals surface area contributed by atoms with Gasteiger partial charge in [0.1, 0.15) is 5.58 Å². The largest absolute Gasteiger partial charge is 0.454 e. The SMILES string of the molecule is CC(C)(C)c1cc(-c2ccc(N(c3ccccc3-c3ccccc3)c3cccc4c3oc3ccccc34)cc2)c2ccc3c(C(C)(C)C)c4c(c5ccc1c2c35)c1ccccc1n4-c1ccccc1. The van der Waals surface area contributed by atoms with Gasteiger partial charge in [-0.05, 0) is 126 Å². The Bertz CT molecular complexity index is 4120. The molecular formula is C66H52N2O. The van der Waals surface area contributed by atoms with Gasteiger partial charge in [0, 0.05) is 38.5 Å². The third-order valence-electron chi connectivity index (χ3n) is 14.5. The van der Waals surface area contributed by atoms with Gasteiger partial charge in [-0.2, -0.15) is 0 Å². The summed E-state index contributed by atoms with van der Waals surface area (Å²) in [5.74, 6) is 0. The second-order valence-electron chi connectivity index (χ2n) is 20.8. The molecule has 2 aromatic heterocycles. The van der Waals surface area contributed by atoms with Crippen LogP contribution < -0.4 is 4.90 Å². The number of para-hydroxylation sites is 5. The summed E-state index contributed by atoms with van der Waals surface area (Å²) in [5.41, 5.74) is 15.8. The number of hydrogen-bond acceptors (Lipinski definition) is 2. The van der Waals surface area contributed by atoms with Gasteiger partial charge < -0.3 is 13.9 Å². The quantitative estimate of drug-likeness (QED) is 0.155. The maximum Gasteiger partial charge on any atom is 0.159 e. The molecule has 0 spiro atoms. The van der Waals surface area contributed by atoms with Crippen LogP contribution in [0.2, 0.25) is 0 Å². The van der Waals surface area contributed by atoms with Crippen LogP contribution in [-0.4, -0.2) is 4.57 Å². The average molecular weight is 889 g/mol. The van der Waals surface area contributed by atoms with Gasteiger partial charge in [0.2, 0.25) is 0 Å². The second-order valence-corrected chi connectivity index (χ2v) is 20.8. The van der Waals surface area contributed by atoms with Crippen LogP contribution in [0, 0.1) is 0 Å². The zero-order valence-corrected chi connectivity index (χ0v) is 39.9. The van der Waals surface area contributed by atoms with E-state index in [4.69, 9.17) is 4.42 Å². The molecule has 0 aliphatic heterocycles. The van der Waals surface area contributed by atoms with Gasteiger partial charge in [-0.3, -0.25) is 0 Å². The van der Waals surface area contributed by atoms with E-state index in [1.165, 1.54) is 82.1 Å². The third kappa shape index (κ3) is 6.26. The number of rotatable bonds is 6. The molecule has 13 aromatic rings. The average Bonchev–Trinajstić information content (AvgIpc) is 3.92. The molecule has 3 nitrogen and oxygen atoms in total. The number of hydrogen-bond donors (Lipinski definition) is 0. The molecule has 3 heteroatoms. The molecule has 0 unspecified atom stereocenters. The molecule has 0 radical (unpaired) electrons. The highest BCUT2D eigenvalue weighted by Gasteiger charge is 2.31. The summed E-state index contributed by atoms with van der Waals surface area (Å²) in [5, 5.41) is 12.7. The minimum atomic E-state index is -0.162. The fourth-order valence-electron chi connectivity index (χ4n) is 11.6. The fraction of sp³-hybridized carbons (Fsp3) is 0.121. The summed E-state index contributed by atoms with van der Waals surface area (Å²) >= 11 is 0. The normalized spacial score (nSPS) is 12.5. The number of nitrogens with zero attached hydrogens (tertiary/aromatic N) is 2. The van der Waals surface area contributed by atoms with Crippen molar-refractivity contribution in [1.82, 2.24) is 4.57 Å². The predicted molar refractivity (Wildman–Crippen MR) is 295 cm³/mol. The molecule has 2 heterocycles. The van der Waals surface area contributed by atoms with Gasteiger partial charge in [-0.1, -0.05) is 193 Å². The molecule has 0 bridgehead atoms.